The van der Waals surface area contributed by atoms with E-state index in [0.717, 1.165) is 5.56 Å². The van der Waals surface area contributed by atoms with Crippen molar-refractivity contribution in [2.24, 2.45) is 5.10 Å². The molecule has 2 aromatic rings. The molecule has 0 saturated carbocycles. The molecule has 0 aliphatic carbocycles. The molecule has 0 fully saturated rings. The molecule has 8 heteroatoms. The first-order valence-electron chi connectivity index (χ1n) is 6.32. The van der Waals surface area contributed by atoms with Crippen molar-refractivity contribution in [1.82, 2.24) is 10.2 Å². The molecule has 22 heavy (non-hydrogen) atoms. The van der Waals surface area contributed by atoms with Crippen molar-refractivity contribution in [2.75, 3.05) is 19.6 Å². The minimum atomic E-state index is -0.481. The Bertz CT molecular complexity index is 758. The maximum absolute atomic E-state index is 11.3. The van der Waals surface area contributed by atoms with Gasteiger partial charge < -0.3 is 9.47 Å². The normalized spacial score (nSPS) is 11.2. The summed E-state index contributed by atoms with van der Waals surface area (Å²) in [6.07, 6.45) is 1.38. The van der Waals surface area contributed by atoms with Crippen LogP contribution < -0.4 is 20.5 Å². The first-order chi connectivity index (χ1) is 10.6. The van der Waals surface area contributed by atoms with Gasteiger partial charge in [-0.3, -0.25) is 10.2 Å². The van der Waals surface area contributed by atoms with Gasteiger partial charge in [0.25, 0.3) is 5.56 Å². The molecule has 1 heterocycles. The summed E-state index contributed by atoms with van der Waals surface area (Å²) in [6, 6.07) is 5.44. The molecule has 0 unspecified atom stereocenters. The molecule has 0 atom stereocenters. The Labute approximate surface area is 131 Å². The fraction of sp³-hybridized carbons (Fsp3) is 0.214. The quantitative estimate of drug-likeness (QED) is 0.651. The average molecular weight is 323 g/mol. The first kappa shape index (κ1) is 15.8. The number of nitrogens with zero attached hydrogens (tertiary/aromatic N) is 2. The number of aromatic nitrogens is 2. The predicted molar refractivity (Wildman–Crippen MR) is 85.2 cm³/mol. The second kappa shape index (κ2) is 6.95. The third kappa shape index (κ3) is 3.37. The lowest BCUT2D eigenvalue weighted by molar-refractivity contribution is 0.355. The number of aromatic amines is 1. The van der Waals surface area contributed by atoms with E-state index in [0.29, 0.717) is 22.9 Å². The highest BCUT2D eigenvalue weighted by Crippen LogP contribution is 2.27. The third-order valence-corrected chi connectivity index (χ3v) is 3.32. The summed E-state index contributed by atoms with van der Waals surface area (Å²) >= 11 is 5.86. The first-order valence-corrected chi connectivity index (χ1v) is 6.70. The minimum Gasteiger partial charge on any atom is -0.493 e. The molecular weight excluding hydrogens is 308 g/mol. The van der Waals surface area contributed by atoms with Crippen molar-refractivity contribution in [1.29, 1.82) is 0 Å². The number of hydrogen-bond acceptors (Lipinski definition) is 6. The van der Waals surface area contributed by atoms with Gasteiger partial charge in [-0.1, -0.05) is 11.6 Å². The zero-order chi connectivity index (χ0) is 16.1. The molecule has 0 saturated heterocycles. The second-order valence-corrected chi connectivity index (χ2v) is 4.68. The van der Waals surface area contributed by atoms with E-state index >= 15 is 0 Å². The van der Waals surface area contributed by atoms with Crippen LogP contribution in [0.3, 0.4) is 0 Å². The van der Waals surface area contributed by atoms with Crippen LogP contribution in [0.1, 0.15) is 12.5 Å². The number of ether oxygens (including phenoxy) is 2. The van der Waals surface area contributed by atoms with Crippen molar-refractivity contribution < 1.29 is 9.47 Å². The van der Waals surface area contributed by atoms with Crippen molar-refractivity contribution in [3.05, 3.63) is 45.3 Å². The molecule has 2 rings (SSSR count). The highest BCUT2D eigenvalue weighted by Gasteiger charge is 2.07. The molecule has 2 N–H and O–H groups in total. The van der Waals surface area contributed by atoms with Gasteiger partial charge in [0.1, 0.15) is 10.7 Å². The summed E-state index contributed by atoms with van der Waals surface area (Å²) in [5.41, 5.74) is 4.07. The predicted octanol–water partition coefficient (Wildman–Crippen LogP) is 2.28. The van der Waals surface area contributed by atoms with Crippen LogP contribution >= 0.6 is 11.6 Å². The van der Waals surface area contributed by atoms with Crippen LogP contribution in [0.5, 0.6) is 11.5 Å². The topological polar surface area (TPSA) is 88.6 Å². The van der Waals surface area contributed by atoms with Crippen LogP contribution in [-0.2, 0) is 0 Å². The zero-order valence-corrected chi connectivity index (χ0v) is 13.1. The van der Waals surface area contributed by atoms with Gasteiger partial charge in [0, 0.05) is 5.56 Å². The molecule has 1 aromatic carbocycles. The summed E-state index contributed by atoms with van der Waals surface area (Å²) in [5.74, 6) is 1.24. The molecular formula is C14H15ClN4O3. The molecule has 1 aromatic heterocycles. The van der Waals surface area contributed by atoms with Gasteiger partial charge in [0.15, 0.2) is 11.5 Å². The van der Waals surface area contributed by atoms with E-state index < -0.39 is 5.56 Å². The van der Waals surface area contributed by atoms with Gasteiger partial charge in [-0.25, -0.2) is 5.10 Å². The largest absolute Gasteiger partial charge is 0.493 e. The van der Waals surface area contributed by atoms with Gasteiger partial charge in [-0.2, -0.15) is 10.2 Å². The Balaban J connectivity index is 2.25. The van der Waals surface area contributed by atoms with Crippen molar-refractivity contribution >= 4 is 23.0 Å². The minimum absolute atomic E-state index is 0.00105. The Morgan fingerprint density at radius 3 is 2.73 bits per heavy atom. The van der Waals surface area contributed by atoms with E-state index in [-0.39, 0.29) is 5.02 Å². The molecule has 0 aliphatic heterocycles. The fourth-order valence-corrected chi connectivity index (χ4v) is 1.86. The van der Waals surface area contributed by atoms with Gasteiger partial charge in [-0.15, -0.1) is 0 Å². The van der Waals surface area contributed by atoms with Crippen LogP contribution in [0.15, 0.2) is 34.3 Å². The number of methoxy groups -OCH3 is 2. The van der Waals surface area contributed by atoms with E-state index in [9.17, 15) is 4.79 Å². The lowest BCUT2D eigenvalue weighted by Gasteiger charge is -2.09. The number of nitrogens with one attached hydrogen (secondary N) is 2. The maximum atomic E-state index is 11.3. The summed E-state index contributed by atoms with van der Waals surface area (Å²) in [7, 11) is 3.13. The maximum Gasteiger partial charge on any atom is 0.285 e. The monoisotopic (exact) mass is 322 g/mol. The van der Waals surface area contributed by atoms with Crippen LogP contribution in [0, 0.1) is 0 Å². The van der Waals surface area contributed by atoms with E-state index in [1.165, 1.54) is 6.20 Å². The summed E-state index contributed by atoms with van der Waals surface area (Å²) in [5, 5.41) is 10.1. The smallest absolute Gasteiger partial charge is 0.285 e. The standard InChI is InChI=1S/C14H15ClN4O3/c1-8(9-4-5-11(21-2)12(6-9)22-3)17-18-10-7-16-19-14(20)13(10)15/h4-7H,1-3H3,(H2,18,19,20)/b17-8-. The summed E-state index contributed by atoms with van der Waals surface area (Å²) in [4.78, 5) is 11.3. The van der Waals surface area contributed by atoms with Crippen molar-refractivity contribution in [3.63, 3.8) is 0 Å². The SMILES string of the molecule is COc1ccc(/C(C)=N\Nc2cn[nH]c(=O)c2Cl)cc1OC. The Morgan fingerprint density at radius 2 is 2.05 bits per heavy atom. The van der Waals surface area contributed by atoms with Crippen LogP contribution in [0.25, 0.3) is 0 Å². The number of benzene rings is 1. The molecule has 0 spiro atoms. The van der Waals surface area contributed by atoms with Crippen LogP contribution in [0.2, 0.25) is 5.02 Å². The molecule has 0 radical (unpaired) electrons. The second-order valence-electron chi connectivity index (χ2n) is 4.31. The van der Waals surface area contributed by atoms with E-state index in [1.807, 2.05) is 13.0 Å². The number of hydrazone groups is 1. The average Bonchev–Trinajstić information content (AvgIpc) is 2.55. The number of halogens is 1. The van der Waals surface area contributed by atoms with Gasteiger partial charge in [0.05, 0.1) is 26.1 Å². The molecule has 7 nitrogen and oxygen atoms in total. The van der Waals surface area contributed by atoms with Crippen molar-refractivity contribution in [2.45, 2.75) is 6.92 Å². The van der Waals surface area contributed by atoms with Gasteiger partial charge in [0.2, 0.25) is 0 Å². The van der Waals surface area contributed by atoms with Gasteiger partial charge in [-0.05, 0) is 25.1 Å². The highest BCUT2D eigenvalue weighted by molar-refractivity contribution is 6.32. The number of rotatable bonds is 5. The Kier molecular flexibility index (Phi) is 5.00. The van der Waals surface area contributed by atoms with Crippen LogP contribution in [-0.4, -0.2) is 30.1 Å². The number of hydrogen-bond donors (Lipinski definition) is 2. The Morgan fingerprint density at radius 1 is 1.32 bits per heavy atom. The molecule has 0 bridgehead atoms. The highest BCUT2D eigenvalue weighted by atomic mass is 35.5. The van der Waals surface area contributed by atoms with Crippen molar-refractivity contribution in [3.8, 4) is 11.5 Å². The molecule has 116 valence electrons. The van der Waals surface area contributed by atoms with E-state index in [1.54, 1.807) is 26.4 Å². The summed E-state index contributed by atoms with van der Waals surface area (Å²) < 4.78 is 10.4. The lowest BCUT2D eigenvalue weighted by atomic mass is 10.1. The fourth-order valence-electron chi connectivity index (χ4n) is 1.73. The number of H-pyrrole nitrogens is 1. The van der Waals surface area contributed by atoms with E-state index in [2.05, 4.69) is 20.7 Å². The summed E-state index contributed by atoms with van der Waals surface area (Å²) in [6.45, 7) is 1.81. The Hall–Kier alpha value is -2.54. The third-order valence-electron chi connectivity index (χ3n) is 2.94. The molecule has 0 aliphatic rings. The lowest BCUT2D eigenvalue weighted by Crippen LogP contribution is -2.10. The van der Waals surface area contributed by atoms with Gasteiger partial charge >= 0.3 is 0 Å². The van der Waals surface area contributed by atoms with Crippen LogP contribution in [0.4, 0.5) is 5.69 Å². The van der Waals surface area contributed by atoms with E-state index in [4.69, 9.17) is 21.1 Å². The number of anilines is 1. The zero-order valence-electron chi connectivity index (χ0n) is 12.3. The molecule has 0 amide bonds.